The van der Waals surface area contributed by atoms with Gasteiger partial charge < -0.3 is 14.8 Å². The van der Waals surface area contributed by atoms with Crippen LogP contribution in [-0.4, -0.2) is 26.0 Å². The molecule has 0 aliphatic carbocycles. The van der Waals surface area contributed by atoms with E-state index in [0.717, 1.165) is 0 Å². The van der Waals surface area contributed by atoms with Gasteiger partial charge in [0, 0.05) is 26.3 Å². The number of anilines is 1. The lowest BCUT2D eigenvalue weighted by Crippen LogP contribution is -2.38. The Hall–Kier alpha value is -1.64. The number of nitrogens with zero attached hydrogens (tertiary/aromatic N) is 1. The van der Waals surface area contributed by atoms with E-state index in [1.807, 2.05) is 0 Å². The molecule has 1 rings (SSSR count). The second kappa shape index (κ2) is 6.34. The molecule has 1 aromatic rings. The number of nitriles is 1. The lowest BCUT2D eigenvalue weighted by molar-refractivity contribution is -0.110. The molecular formula is C13H17FN2O2. The monoisotopic (exact) mass is 252 g/mol. The molecule has 0 fully saturated rings. The summed E-state index contributed by atoms with van der Waals surface area (Å²) in [4.78, 5) is 0. The fourth-order valence-electron chi connectivity index (χ4n) is 1.61. The van der Waals surface area contributed by atoms with E-state index in [2.05, 4.69) is 11.4 Å². The lowest BCUT2D eigenvalue weighted by atomic mass is 9.99. The van der Waals surface area contributed by atoms with E-state index in [1.54, 1.807) is 19.1 Å². The maximum absolute atomic E-state index is 13.1. The van der Waals surface area contributed by atoms with Crippen molar-refractivity contribution >= 4 is 5.69 Å². The third-order valence-corrected chi connectivity index (χ3v) is 2.59. The van der Waals surface area contributed by atoms with Crippen molar-refractivity contribution in [3.63, 3.8) is 0 Å². The van der Waals surface area contributed by atoms with Crippen LogP contribution >= 0.6 is 0 Å². The fourth-order valence-corrected chi connectivity index (χ4v) is 1.61. The molecule has 98 valence electrons. The third kappa shape index (κ3) is 3.99. The molecule has 0 aromatic heterocycles. The Balaban J connectivity index is 2.80. The summed E-state index contributed by atoms with van der Waals surface area (Å²) >= 11 is 0. The zero-order chi connectivity index (χ0) is 13.6. The smallest absolute Gasteiger partial charge is 0.160 e. The van der Waals surface area contributed by atoms with Crippen LogP contribution in [0.3, 0.4) is 0 Å². The first-order valence-corrected chi connectivity index (χ1v) is 5.53. The number of methoxy groups -OCH3 is 2. The molecule has 0 saturated carbocycles. The van der Waals surface area contributed by atoms with Crippen molar-refractivity contribution in [3.8, 4) is 6.07 Å². The summed E-state index contributed by atoms with van der Waals surface area (Å²) in [6, 6.07) is 8.12. The van der Waals surface area contributed by atoms with Crippen molar-refractivity contribution in [2.75, 3.05) is 19.5 Å². The van der Waals surface area contributed by atoms with Gasteiger partial charge in [-0.1, -0.05) is 6.07 Å². The zero-order valence-corrected chi connectivity index (χ0v) is 10.7. The Morgan fingerprint density at radius 3 is 2.61 bits per heavy atom. The van der Waals surface area contributed by atoms with Crippen LogP contribution in [0.25, 0.3) is 0 Å². The first kappa shape index (κ1) is 14.4. The van der Waals surface area contributed by atoms with Crippen molar-refractivity contribution < 1.29 is 13.9 Å². The van der Waals surface area contributed by atoms with E-state index in [9.17, 15) is 9.65 Å². The topological polar surface area (TPSA) is 54.3 Å². The number of hydrogen-bond acceptors (Lipinski definition) is 4. The molecular weight excluding hydrogens is 235 g/mol. The summed E-state index contributed by atoms with van der Waals surface area (Å²) in [5.74, 6) is -0.352. The summed E-state index contributed by atoms with van der Waals surface area (Å²) in [5.41, 5.74) is -0.352. The van der Waals surface area contributed by atoms with E-state index in [0.29, 0.717) is 12.1 Å². The first-order chi connectivity index (χ1) is 8.53. The molecule has 5 heteroatoms. The predicted molar refractivity (Wildman–Crippen MR) is 66.5 cm³/mol. The summed E-state index contributed by atoms with van der Waals surface area (Å²) in [5, 5.41) is 12.2. The molecule has 0 spiro atoms. The van der Waals surface area contributed by atoms with Gasteiger partial charge in [0.2, 0.25) is 0 Å². The molecule has 0 saturated heterocycles. The highest BCUT2D eigenvalue weighted by atomic mass is 19.1. The van der Waals surface area contributed by atoms with Crippen molar-refractivity contribution in [2.24, 2.45) is 0 Å². The molecule has 4 nitrogen and oxygen atoms in total. The van der Waals surface area contributed by atoms with Gasteiger partial charge in [0.25, 0.3) is 0 Å². The summed E-state index contributed by atoms with van der Waals surface area (Å²) in [7, 11) is 3.02. The Morgan fingerprint density at radius 2 is 2.11 bits per heavy atom. The second-order valence-corrected chi connectivity index (χ2v) is 4.18. The fraction of sp³-hybridized carbons (Fsp3) is 0.462. The van der Waals surface area contributed by atoms with Gasteiger partial charge in [0.15, 0.2) is 6.29 Å². The number of rotatable bonds is 6. The van der Waals surface area contributed by atoms with Crippen LogP contribution in [-0.2, 0) is 9.47 Å². The number of halogens is 1. The number of nitrogens with one attached hydrogen (secondary N) is 1. The standard InChI is InChI=1S/C13H17FN2O2/c1-13(9-15,8-12(17-2)18-3)16-11-6-4-5-10(14)7-11/h4-7,12,16H,8H2,1-3H3. The maximum Gasteiger partial charge on any atom is 0.160 e. The Kier molecular flexibility index (Phi) is 5.08. The average Bonchev–Trinajstić information content (AvgIpc) is 2.36. The molecule has 1 N–H and O–H groups in total. The van der Waals surface area contributed by atoms with Gasteiger partial charge >= 0.3 is 0 Å². The molecule has 1 aromatic carbocycles. The highest BCUT2D eigenvalue weighted by Gasteiger charge is 2.28. The van der Waals surface area contributed by atoms with E-state index < -0.39 is 11.8 Å². The van der Waals surface area contributed by atoms with Crippen LogP contribution in [0.1, 0.15) is 13.3 Å². The molecule has 1 atom stereocenters. The lowest BCUT2D eigenvalue weighted by Gasteiger charge is -2.27. The van der Waals surface area contributed by atoms with Gasteiger partial charge in [-0.25, -0.2) is 4.39 Å². The van der Waals surface area contributed by atoms with Crippen molar-refractivity contribution in [1.29, 1.82) is 5.26 Å². The maximum atomic E-state index is 13.1. The number of ether oxygens (including phenoxy) is 2. The Labute approximate surface area is 106 Å². The van der Waals surface area contributed by atoms with Crippen molar-refractivity contribution in [1.82, 2.24) is 0 Å². The van der Waals surface area contributed by atoms with Gasteiger partial charge in [0.05, 0.1) is 6.07 Å². The van der Waals surface area contributed by atoms with Gasteiger partial charge in [-0.05, 0) is 25.1 Å². The molecule has 18 heavy (non-hydrogen) atoms. The molecule has 0 bridgehead atoms. The van der Waals surface area contributed by atoms with E-state index in [4.69, 9.17) is 9.47 Å². The van der Waals surface area contributed by atoms with Crippen LogP contribution in [0.5, 0.6) is 0 Å². The minimum Gasteiger partial charge on any atom is -0.367 e. The highest BCUT2D eigenvalue weighted by Crippen LogP contribution is 2.21. The quantitative estimate of drug-likeness (QED) is 0.790. The molecule has 0 aliphatic rings. The summed E-state index contributed by atoms with van der Waals surface area (Å²) in [6.07, 6.45) is -0.164. The SMILES string of the molecule is COC(CC(C)(C#N)Nc1cccc(F)c1)OC. The van der Waals surface area contributed by atoms with Crippen molar-refractivity contribution in [2.45, 2.75) is 25.2 Å². The summed E-state index contributed by atoms with van der Waals surface area (Å²) in [6.45, 7) is 1.71. The molecule has 1 unspecified atom stereocenters. The van der Waals surface area contributed by atoms with Crippen LogP contribution in [0.2, 0.25) is 0 Å². The van der Waals surface area contributed by atoms with Gasteiger partial charge in [-0.15, -0.1) is 0 Å². The largest absolute Gasteiger partial charge is 0.367 e. The number of benzene rings is 1. The Morgan fingerprint density at radius 1 is 1.44 bits per heavy atom. The van der Waals surface area contributed by atoms with E-state index in [-0.39, 0.29) is 5.82 Å². The predicted octanol–water partition coefficient (Wildman–Crippen LogP) is 2.53. The Bertz CT molecular complexity index is 429. The third-order valence-electron chi connectivity index (χ3n) is 2.59. The molecule has 0 aliphatic heterocycles. The second-order valence-electron chi connectivity index (χ2n) is 4.18. The van der Waals surface area contributed by atoms with Gasteiger partial charge in [0.1, 0.15) is 11.4 Å². The minimum atomic E-state index is -0.898. The van der Waals surface area contributed by atoms with Crippen molar-refractivity contribution in [3.05, 3.63) is 30.1 Å². The first-order valence-electron chi connectivity index (χ1n) is 5.53. The number of hydrogen-bond donors (Lipinski definition) is 1. The van der Waals surface area contributed by atoms with Crippen LogP contribution in [0.15, 0.2) is 24.3 Å². The van der Waals surface area contributed by atoms with Gasteiger partial charge in [-0.2, -0.15) is 5.26 Å². The minimum absolute atomic E-state index is 0.326. The van der Waals surface area contributed by atoms with Gasteiger partial charge in [-0.3, -0.25) is 0 Å². The zero-order valence-electron chi connectivity index (χ0n) is 10.7. The molecule has 0 heterocycles. The molecule has 0 radical (unpaired) electrons. The highest BCUT2D eigenvalue weighted by molar-refractivity contribution is 5.47. The van der Waals surface area contributed by atoms with E-state index in [1.165, 1.54) is 26.4 Å². The molecule has 0 amide bonds. The average molecular weight is 252 g/mol. The van der Waals surface area contributed by atoms with Crippen LogP contribution in [0.4, 0.5) is 10.1 Å². The van der Waals surface area contributed by atoms with Crippen LogP contribution in [0, 0.1) is 17.1 Å². The normalized spacial score (nSPS) is 14.0. The van der Waals surface area contributed by atoms with Crippen LogP contribution < -0.4 is 5.32 Å². The summed E-state index contributed by atoms with van der Waals surface area (Å²) < 4.78 is 23.2. The van der Waals surface area contributed by atoms with E-state index >= 15 is 0 Å².